The third-order valence-corrected chi connectivity index (χ3v) is 5.29. The fraction of sp³-hybridized carbons (Fsp3) is 0.368. The molecule has 0 saturated carbocycles. The van der Waals surface area contributed by atoms with Gasteiger partial charge in [-0.15, -0.1) is 0 Å². The van der Waals surface area contributed by atoms with Gasteiger partial charge in [-0.1, -0.05) is 11.8 Å². The van der Waals surface area contributed by atoms with Gasteiger partial charge in [-0.2, -0.15) is 0 Å². The molecule has 1 aromatic heterocycles. The Morgan fingerprint density at radius 3 is 2.89 bits per heavy atom. The number of hydrogen-bond acceptors (Lipinski definition) is 7. The van der Waals surface area contributed by atoms with Gasteiger partial charge in [-0.05, 0) is 39.0 Å². The van der Waals surface area contributed by atoms with E-state index in [-0.39, 0.29) is 24.0 Å². The number of carbonyl (C=O) groups is 3. The Bertz CT molecular complexity index is 926. The van der Waals surface area contributed by atoms with Crippen molar-refractivity contribution in [2.45, 2.75) is 37.3 Å². The Kier molecular flexibility index (Phi) is 5.73. The predicted octanol–water partition coefficient (Wildman–Crippen LogP) is 2.69. The van der Waals surface area contributed by atoms with Crippen LogP contribution >= 0.6 is 11.8 Å². The number of ether oxygens (including phenoxy) is 2. The van der Waals surface area contributed by atoms with Gasteiger partial charge in [-0.25, -0.2) is 9.78 Å². The molecule has 2 heterocycles. The Morgan fingerprint density at radius 1 is 1.43 bits per heavy atom. The second-order valence-electron chi connectivity index (χ2n) is 6.29. The number of imidazole rings is 1. The van der Waals surface area contributed by atoms with Gasteiger partial charge >= 0.3 is 5.97 Å². The monoisotopic (exact) mass is 403 g/mol. The number of ketones is 1. The first-order chi connectivity index (χ1) is 13.3. The highest BCUT2D eigenvalue weighted by Crippen LogP contribution is 2.35. The van der Waals surface area contributed by atoms with Gasteiger partial charge < -0.3 is 19.4 Å². The number of nitrogens with zero attached hydrogens (tertiary/aromatic N) is 2. The standard InChI is InChI=1S/C19H21N3O5S/c1-5-26-18(25)13-9-20-19(21-13)28-11(3)16(23)12-6-7-15-14(8-12)22(4)17(24)10(2)27-15/h6-11H,5H2,1-4H3,(H,20,21). The summed E-state index contributed by atoms with van der Waals surface area (Å²) in [6.45, 7) is 5.44. The summed E-state index contributed by atoms with van der Waals surface area (Å²) in [5, 5.41) is -0.00463. The molecule has 28 heavy (non-hydrogen) atoms. The van der Waals surface area contributed by atoms with Gasteiger partial charge in [0.15, 0.2) is 17.0 Å². The summed E-state index contributed by atoms with van der Waals surface area (Å²) in [4.78, 5) is 45.1. The Morgan fingerprint density at radius 2 is 2.18 bits per heavy atom. The van der Waals surface area contributed by atoms with Crippen LogP contribution in [-0.4, -0.2) is 52.6 Å². The number of esters is 1. The zero-order chi connectivity index (χ0) is 20.4. The molecule has 0 aliphatic carbocycles. The van der Waals surface area contributed by atoms with Gasteiger partial charge in [0.25, 0.3) is 5.91 Å². The van der Waals surface area contributed by atoms with E-state index in [4.69, 9.17) is 9.47 Å². The van der Waals surface area contributed by atoms with Gasteiger partial charge in [0.1, 0.15) is 11.4 Å². The molecule has 2 aromatic rings. The van der Waals surface area contributed by atoms with Gasteiger partial charge in [0.2, 0.25) is 0 Å². The molecular formula is C19H21N3O5S. The normalized spacial score (nSPS) is 16.9. The zero-order valence-corrected chi connectivity index (χ0v) is 16.8. The van der Waals surface area contributed by atoms with Crippen molar-refractivity contribution in [2.24, 2.45) is 0 Å². The lowest BCUT2D eigenvalue weighted by Crippen LogP contribution is -2.42. The van der Waals surface area contributed by atoms with Crippen LogP contribution in [0.1, 0.15) is 41.6 Å². The first-order valence-electron chi connectivity index (χ1n) is 8.83. The first kappa shape index (κ1) is 19.9. The summed E-state index contributed by atoms with van der Waals surface area (Å²) >= 11 is 1.21. The van der Waals surface area contributed by atoms with Crippen LogP contribution in [0.3, 0.4) is 0 Å². The molecule has 1 aliphatic rings. The number of rotatable bonds is 6. The molecule has 3 rings (SSSR count). The lowest BCUT2D eigenvalue weighted by atomic mass is 10.1. The molecule has 8 nitrogen and oxygen atoms in total. The average molecular weight is 403 g/mol. The molecule has 0 fully saturated rings. The summed E-state index contributed by atoms with van der Waals surface area (Å²) in [6, 6.07) is 5.04. The van der Waals surface area contributed by atoms with Crippen molar-refractivity contribution in [1.29, 1.82) is 0 Å². The number of Topliss-reactive ketones (excluding diaryl/α,β-unsaturated/α-hetero) is 1. The molecule has 1 amide bonds. The third kappa shape index (κ3) is 3.89. The smallest absolute Gasteiger partial charge is 0.356 e. The number of nitrogens with one attached hydrogen (secondary N) is 1. The summed E-state index contributed by atoms with van der Waals surface area (Å²) in [6.07, 6.45) is 0.830. The average Bonchev–Trinajstić information content (AvgIpc) is 3.14. The molecule has 0 saturated heterocycles. The van der Waals surface area contributed by atoms with E-state index in [1.807, 2.05) is 0 Å². The number of H-pyrrole nitrogens is 1. The summed E-state index contributed by atoms with van der Waals surface area (Å²) in [5.74, 6) is -0.211. The Balaban J connectivity index is 1.74. The summed E-state index contributed by atoms with van der Waals surface area (Å²) < 4.78 is 10.5. The fourth-order valence-corrected chi connectivity index (χ4v) is 3.66. The Labute approximate surface area is 166 Å². The van der Waals surface area contributed by atoms with Crippen LogP contribution in [0, 0.1) is 0 Å². The number of benzene rings is 1. The van der Waals surface area contributed by atoms with Crippen molar-refractivity contribution in [3.63, 3.8) is 0 Å². The molecule has 1 N–H and O–H groups in total. The quantitative estimate of drug-likeness (QED) is 0.449. The van der Waals surface area contributed by atoms with Crippen molar-refractivity contribution in [2.75, 3.05) is 18.6 Å². The minimum atomic E-state index is -0.555. The van der Waals surface area contributed by atoms with Crippen LogP contribution < -0.4 is 9.64 Å². The number of thioether (sulfide) groups is 1. The summed E-state index contributed by atoms with van der Waals surface area (Å²) in [5.41, 5.74) is 1.27. The molecule has 1 aliphatic heterocycles. The van der Waals surface area contributed by atoms with E-state index >= 15 is 0 Å². The van der Waals surface area contributed by atoms with Crippen LogP contribution in [0.15, 0.2) is 29.6 Å². The summed E-state index contributed by atoms with van der Waals surface area (Å²) in [7, 11) is 1.66. The largest absolute Gasteiger partial charge is 0.479 e. The van der Waals surface area contributed by atoms with Crippen LogP contribution in [0.2, 0.25) is 0 Å². The Hall–Kier alpha value is -2.81. The number of fused-ring (bicyclic) bond motifs is 1. The topological polar surface area (TPSA) is 102 Å². The molecular weight excluding hydrogens is 382 g/mol. The van der Waals surface area contributed by atoms with Crippen LogP contribution in [0.4, 0.5) is 5.69 Å². The van der Waals surface area contributed by atoms with Crippen molar-refractivity contribution in [3.8, 4) is 5.75 Å². The fourth-order valence-electron chi connectivity index (χ4n) is 2.80. The maximum absolute atomic E-state index is 12.8. The van der Waals surface area contributed by atoms with Gasteiger partial charge in [0.05, 0.1) is 23.7 Å². The molecule has 0 radical (unpaired) electrons. The minimum Gasteiger partial charge on any atom is -0.479 e. The molecule has 2 unspecified atom stereocenters. The van der Waals surface area contributed by atoms with E-state index in [2.05, 4.69) is 9.97 Å². The lowest BCUT2D eigenvalue weighted by Gasteiger charge is -2.30. The van der Waals surface area contributed by atoms with Crippen LogP contribution in [-0.2, 0) is 9.53 Å². The zero-order valence-electron chi connectivity index (χ0n) is 16.0. The molecule has 0 bridgehead atoms. The van der Waals surface area contributed by atoms with Crippen LogP contribution in [0.5, 0.6) is 5.75 Å². The number of hydrogen-bond donors (Lipinski definition) is 1. The molecule has 1 aromatic carbocycles. The minimum absolute atomic E-state index is 0.124. The SMILES string of the molecule is CCOC(=O)c1cnc(SC(C)C(=O)c2ccc3c(c2)N(C)C(=O)C(C)O3)[nH]1. The van der Waals surface area contributed by atoms with E-state index in [9.17, 15) is 14.4 Å². The number of amides is 1. The number of likely N-dealkylation sites (N-methyl/N-ethyl adjacent to an activating group) is 1. The highest BCUT2D eigenvalue weighted by atomic mass is 32.2. The van der Waals surface area contributed by atoms with E-state index in [1.54, 1.807) is 46.0 Å². The van der Waals surface area contributed by atoms with E-state index in [1.165, 1.54) is 22.9 Å². The van der Waals surface area contributed by atoms with Crippen molar-refractivity contribution in [3.05, 3.63) is 35.7 Å². The highest BCUT2D eigenvalue weighted by Gasteiger charge is 2.30. The van der Waals surface area contributed by atoms with E-state index in [0.717, 1.165) is 0 Å². The van der Waals surface area contributed by atoms with Crippen molar-refractivity contribution in [1.82, 2.24) is 9.97 Å². The second-order valence-corrected chi connectivity index (χ2v) is 7.62. The van der Waals surface area contributed by atoms with Crippen molar-refractivity contribution >= 4 is 35.1 Å². The van der Waals surface area contributed by atoms with E-state index in [0.29, 0.717) is 22.2 Å². The van der Waals surface area contributed by atoms with Crippen LogP contribution in [0.25, 0.3) is 0 Å². The van der Waals surface area contributed by atoms with E-state index < -0.39 is 17.3 Å². The number of carbonyl (C=O) groups excluding carboxylic acids is 3. The lowest BCUT2D eigenvalue weighted by molar-refractivity contribution is -0.125. The highest BCUT2D eigenvalue weighted by molar-refractivity contribution is 8.00. The number of aromatic nitrogens is 2. The second kappa shape index (κ2) is 8.05. The molecule has 148 valence electrons. The molecule has 9 heteroatoms. The first-order valence-corrected chi connectivity index (χ1v) is 9.71. The van der Waals surface area contributed by atoms with Crippen molar-refractivity contribution < 1.29 is 23.9 Å². The molecule has 0 spiro atoms. The third-order valence-electron chi connectivity index (χ3n) is 4.29. The van der Waals surface area contributed by atoms with Gasteiger partial charge in [0, 0.05) is 12.6 Å². The maximum atomic E-state index is 12.8. The van der Waals surface area contributed by atoms with Gasteiger partial charge in [-0.3, -0.25) is 9.59 Å². The number of aromatic amines is 1. The maximum Gasteiger partial charge on any atom is 0.356 e. The predicted molar refractivity (Wildman–Crippen MR) is 104 cm³/mol. The molecule has 2 atom stereocenters. The number of anilines is 1.